The van der Waals surface area contributed by atoms with Gasteiger partial charge in [-0.25, -0.2) is 0 Å². The molecule has 2 N–H and O–H groups in total. The molecular formula is C14H20N2O2. The Bertz CT molecular complexity index is 412. The monoisotopic (exact) mass is 248 g/mol. The van der Waals surface area contributed by atoms with Crippen molar-refractivity contribution >= 4 is 11.6 Å². The average molecular weight is 248 g/mol. The molecule has 0 unspecified atom stereocenters. The van der Waals surface area contributed by atoms with Crippen molar-refractivity contribution in [1.29, 1.82) is 0 Å². The lowest BCUT2D eigenvalue weighted by molar-refractivity contribution is -0.117. The van der Waals surface area contributed by atoms with Crippen molar-refractivity contribution in [3.63, 3.8) is 0 Å². The summed E-state index contributed by atoms with van der Waals surface area (Å²) >= 11 is 0. The van der Waals surface area contributed by atoms with Crippen LogP contribution in [0.1, 0.15) is 19.8 Å². The van der Waals surface area contributed by atoms with Crippen LogP contribution in [0.25, 0.3) is 0 Å². The molecule has 0 bridgehead atoms. The average Bonchev–Trinajstić information content (AvgIpc) is 3.23. The van der Waals surface area contributed by atoms with Crippen LogP contribution in [0, 0.1) is 5.92 Å². The minimum absolute atomic E-state index is 0.0282. The van der Waals surface area contributed by atoms with Gasteiger partial charge in [0.05, 0.1) is 13.7 Å². The zero-order valence-corrected chi connectivity index (χ0v) is 10.9. The molecule has 2 rings (SSSR count). The molecule has 4 nitrogen and oxygen atoms in total. The highest BCUT2D eigenvalue weighted by atomic mass is 16.5. The number of carbonyl (C=O) groups excluding carboxylic acids is 1. The van der Waals surface area contributed by atoms with Gasteiger partial charge in [-0.15, -0.1) is 0 Å². The molecule has 0 radical (unpaired) electrons. The van der Waals surface area contributed by atoms with Crippen LogP contribution < -0.4 is 15.4 Å². The Morgan fingerprint density at radius 3 is 2.50 bits per heavy atom. The zero-order chi connectivity index (χ0) is 13.1. The Hall–Kier alpha value is -1.55. The molecule has 1 aromatic carbocycles. The van der Waals surface area contributed by atoms with Crippen LogP contribution in [-0.2, 0) is 4.79 Å². The van der Waals surface area contributed by atoms with Gasteiger partial charge < -0.3 is 15.4 Å². The van der Waals surface area contributed by atoms with E-state index in [0.29, 0.717) is 5.92 Å². The van der Waals surface area contributed by atoms with E-state index in [1.165, 1.54) is 12.8 Å². The maximum atomic E-state index is 12.0. The number of rotatable bonds is 5. The number of carbonyl (C=O) groups is 1. The molecular weight excluding hydrogens is 228 g/mol. The van der Waals surface area contributed by atoms with E-state index in [1.54, 1.807) is 7.11 Å². The Morgan fingerprint density at radius 2 is 2.06 bits per heavy atom. The van der Waals surface area contributed by atoms with Crippen LogP contribution in [0.15, 0.2) is 24.3 Å². The van der Waals surface area contributed by atoms with Gasteiger partial charge in [0.2, 0.25) is 5.91 Å². The van der Waals surface area contributed by atoms with Gasteiger partial charge in [0.25, 0.3) is 0 Å². The maximum absolute atomic E-state index is 12.0. The van der Waals surface area contributed by atoms with Crippen molar-refractivity contribution < 1.29 is 9.53 Å². The molecule has 4 heteroatoms. The predicted octanol–water partition coefficient (Wildman–Crippen LogP) is 1.79. The number of methoxy groups -OCH3 is 1. The molecule has 1 amide bonds. The second-order valence-corrected chi connectivity index (χ2v) is 4.74. The molecule has 98 valence electrons. The first-order valence-electron chi connectivity index (χ1n) is 6.33. The van der Waals surface area contributed by atoms with Gasteiger partial charge >= 0.3 is 0 Å². The Morgan fingerprint density at radius 1 is 1.44 bits per heavy atom. The highest BCUT2D eigenvalue weighted by Gasteiger charge is 2.34. The minimum atomic E-state index is -0.0282. The van der Waals surface area contributed by atoms with Crippen molar-refractivity contribution in [2.75, 3.05) is 18.6 Å². The molecule has 1 saturated carbocycles. The topological polar surface area (TPSA) is 55.6 Å². The molecule has 0 heterocycles. The maximum Gasteiger partial charge on any atom is 0.240 e. The van der Waals surface area contributed by atoms with Crippen molar-refractivity contribution in [2.24, 2.45) is 11.7 Å². The van der Waals surface area contributed by atoms with Crippen molar-refractivity contribution in [3.05, 3.63) is 24.3 Å². The first-order chi connectivity index (χ1) is 8.67. The number of anilines is 1. The SMILES string of the molecule is COc1ccc(N(C(=O)CN)[C@H](C)C2CC2)cc1. The molecule has 1 atom stereocenters. The Balaban J connectivity index is 2.23. The van der Waals surface area contributed by atoms with Crippen molar-refractivity contribution in [1.82, 2.24) is 0 Å². The second kappa shape index (κ2) is 5.40. The number of nitrogens with zero attached hydrogens (tertiary/aromatic N) is 1. The van der Waals surface area contributed by atoms with Gasteiger partial charge in [-0.2, -0.15) is 0 Å². The number of benzene rings is 1. The van der Waals surface area contributed by atoms with E-state index >= 15 is 0 Å². The molecule has 1 fully saturated rings. The third-order valence-corrected chi connectivity index (χ3v) is 3.51. The van der Waals surface area contributed by atoms with Crippen LogP contribution >= 0.6 is 0 Å². The number of ether oxygens (including phenoxy) is 1. The van der Waals surface area contributed by atoms with E-state index in [0.717, 1.165) is 11.4 Å². The van der Waals surface area contributed by atoms with E-state index < -0.39 is 0 Å². The number of hydrogen-bond acceptors (Lipinski definition) is 3. The van der Waals surface area contributed by atoms with E-state index in [4.69, 9.17) is 10.5 Å². The normalized spacial score (nSPS) is 16.2. The number of amides is 1. The van der Waals surface area contributed by atoms with Crippen LogP contribution in [0.3, 0.4) is 0 Å². The fraction of sp³-hybridized carbons (Fsp3) is 0.500. The zero-order valence-electron chi connectivity index (χ0n) is 10.9. The van der Waals surface area contributed by atoms with Gasteiger partial charge in [0.15, 0.2) is 0 Å². The molecule has 1 aliphatic rings. The van der Waals surface area contributed by atoms with Crippen LogP contribution in [0.2, 0.25) is 0 Å². The van der Waals surface area contributed by atoms with Gasteiger partial charge in [0.1, 0.15) is 5.75 Å². The molecule has 0 saturated heterocycles. The lowest BCUT2D eigenvalue weighted by Gasteiger charge is -2.29. The molecule has 0 spiro atoms. The summed E-state index contributed by atoms with van der Waals surface area (Å²) in [5.41, 5.74) is 6.40. The quantitative estimate of drug-likeness (QED) is 0.864. The lowest BCUT2D eigenvalue weighted by Crippen LogP contribution is -2.43. The summed E-state index contributed by atoms with van der Waals surface area (Å²) in [6, 6.07) is 7.77. The fourth-order valence-corrected chi connectivity index (χ4v) is 2.24. The smallest absolute Gasteiger partial charge is 0.240 e. The highest BCUT2D eigenvalue weighted by molar-refractivity contribution is 5.95. The predicted molar refractivity (Wildman–Crippen MR) is 71.7 cm³/mol. The Labute approximate surface area is 108 Å². The summed E-state index contributed by atoms with van der Waals surface area (Å²) in [6.07, 6.45) is 2.40. The molecule has 1 aromatic rings. The molecule has 18 heavy (non-hydrogen) atoms. The van der Waals surface area contributed by atoms with E-state index in [1.807, 2.05) is 29.2 Å². The van der Waals surface area contributed by atoms with Gasteiger partial charge in [-0.3, -0.25) is 4.79 Å². The summed E-state index contributed by atoms with van der Waals surface area (Å²) in [5.74, 6) is 1.38. The van der Waals surface area contributed by atoms with Crippen LogP contribution in [0.5, 0.6) is 5.75 Å². The first kappa shape index (κ1) is 12.9. The van der Waals surface area contributed by atoms with Gasteiger partial charge in [-0.05, 0) is 49.9 Å². The second-order valence-electron chi connectivity index (χ2n) is 4.74. The van der Waals surface area contributed by atoms with Crippen LogP contribution in [0.4, 0.5) is 5.69 Å². The summed E-state index contributed by atoms with van der Waals surface area (Å²) in [6.45, 7) is 2.14. The summed E-state index contributed by atoms with van der Waals surface area (Å²) in [7, 11) is 1.63. The highest BCUT2D eigenvalue weighted by Crippen LogP contribution is 2.37. The van der Waals surface area contributed by atoms with E-state index in [-0.39, 0.29) is 18.5 Å². The van der Waals surface area contributed by atoms with Gasteiger partial charge in [-0.1, -0.05) is 0 Å². The first-order valence-corrected chi connectivity index (χ1v) is 6.33. The third-order valence-electron chi connectivity index (χ3n) is 3.51. The Kier molecular flexibility index (Phi) is 3.87. The molecule has 0 aliphatic heterocycles. The number of hydrogen-bond donors (Lipinski definition) is 1. The standard InChI is InChI=1S/C14H20N2O2/c1-10(11-3-4-11)16(14(17)9-15)12-5-7-13(18-2)8-6-12/h5-8,10-11H,3-4,9,15H2,1-2H3/t10-/m1/s1. The van der Waals surface area contributed by atoms with E-state index in [9.17, 15) is 4.79 Å². The minimum Gasteiger partial charge on any atom is -0.497 e. The fourth-order valence-electron chi connectivity index (χ4n) is 2.24. The summed E-state index contributed by atoms with van der Waals surface area (Å²) < 4.78 is 5.13. The molecule has 1 aliphatic carbocycles. The summed E-state index contributed by atoms with van der Waals surface area (Å²) in [5, 5.41) is 0. The van der Waals surface area contributed by atoms with Gasteiger partial charge in [0, 0.05) is 11.7 Å². The van der Waals surface area contributed by atoms with Crippen LogP contribution in [-0.4, -0.2) is 25.6 Å². The third kappa shape index (κ3) is 2.64. The van der Waals surface area contributed by atoms with Crippen molar-refractivity contribution in [3.8, 4) is 5.75 Å². The summed E-state index contributed by atoms with van der Waals surface area (Å²) in [4.78, 5) is 13.8. The van der Waals surface area contributed by atoms with Crippen molar-refractivity contribution in [2.45, 2.75) is 25.8 Å². The number of nitrogens with two attached hydrogens (primary N) is 1. The molecule has 0 aromatic heterocycles. The largest absolute Gasteiger partial charge is 0.497 e. The van der Waals surface area contributed by atoms with E-state index in [2.05, 4.69) is 6.92 Å². The lowest BCUT2D eigenvalue weighted by atomic mass is 10.1.